The summed E-state index contributed by atoms with van der Waals surface area (Å²) in [6.45, 7) is 10.4. The van der Waals surface area contributed by atoms with Gasteiger partial charge in [-0.2, -0.15) is 0 Å². The standard InChI is InChI=1S/C29H33N7O/c1-5-19(2)16-30-24-15-23(10-8-20(24)3)37-26-11-9-22(14-21(26)4)34-28-27-25(32-18-33-28)17-31-29(35-27)36-12-6-7-13-36/h8-11,14-19H,5-7,12-13H2,1-4H3,(H,32,33,34). The number of nitrogens with one attached hydrogen (secondary N) is 1. The average Bonchev–Trinajstić information content (AvgIpc) is 3.45. The van der Waals surface area contributed by atoms with Gasteiger partial charge in [-0.05, 0) is 74.4 Å². The van der Waals surface area contributed by atoms with Crippen LogP contribution in [0.15, 0.2) is 53.9 Å². The van der Waals surface area contributed by atoms with Crippen LogP contribution < -0.4 is 15.0 Å². The Morgan fingerprint density at radius 2 is 1.89 bits per heavy atom. The van der Waals surface area contributed by atoms with Crippen LogP contribution in [0.3, 0.4) is 0 Å². The first-order valence-corrected chi connectivity index (χ1v) is 12.9. The van der Waals surface area contributed by atoms with Gasteiger partial charge in [-0.15, -0.1) is 0 Å². The molecular weight excluding hydrogens is 462 g/mol. The molecule has 1 atom stereocenters. The summed E-state index contributed by atoms with van der Waals surface area (Å²) in [5.41, 5.74) is 5.37. The molecule has 0 amide bonds. The lowest BCUT2D eigenvalue weighted by Gasteiger charge is -2.16. The molecule has 5 rings (SSSR count). The van der Waals surface area contributed by atoms with Crippen LogP contribution in [0.2, 0.25) is 0 Å². The van der Waals surface area contributed by atoms with E-state index < -0.39 is 0 Å². The lowest BCUT2D eigenvalue weighted by atomic mass is 10.1. The number of fused-ring (bicyclic) bond motifs is 1. The van der Waals surface area contributed by atoms with Crippen LogP contribution >= 0.6 is 0 Å². The molecule has 37 heavy (non-hydrogen) atoms. The molecule has 4 aromatic rings. The third kappa shape index (κ3) is 5.69. The van der Waals surface area contributed by atoms with Gasteiger partial charge in [0.15, 0.2) is 5.82 Å². The Morgan fingerprint density at radius 3 is 2.68 bits per heavy atom. The van der Waals surface area contributed by atoms with E-state index in [1.165, 1.54) is 19.2 Å². The van der Waals surface area contributed by atoms with Crippen molar-refractivity contribution in [1.82, 2.24) is 19.9 Å². The topological polar surface area (TPSA) is 88.4 Å². The lowest BCUT2D eigenvalue weighted by Crippen LogP contribution is -2.20. The highest BCUT2D eigenvalue weighted by Gasteiger charge is 2.17. The van der Waals surface area contributed by atoms with Crippen molar-refractivity contribution in [1.29, 1.82) is 0 Å². The fourth-order valence-corrected chi connectivity index (χ4v) is 4.22. The summed E-state index contributed by atoms with van der Waals surface area (Å²) in [4.78, 5) is 25.0. The minimum Gasteiger partial charge on any atom is -0.457 e. The number of ether oxygens (including phenoxy) is 1. The molecule has 0 spiro atoms. The number of nitrogens with zero attached hydrogens (tertiary/aromatic N) is 6. The molecule has 1 aliphatic rings. The predicted molar refractivity (Wildman–Crippen MR) is 150 cm³/mol. The number of aromatic nitrogens is 4. The second kappa shape index (κ2) is 10.9. The third-order valence-electron chi connectivity index (χ3n) is 6.71. The zero-order valence-corrected chi connectivity index (χ0v) is 21.9. The van der Waals surface area contributed by atoms with Crippen LogP contribution in [0.25, 0.3) is 11.0 Å². The molecule has 8 nitrogen and oxygen atoms in total. The number of hydrogen-bond acceptors (Lipinski definition) is 8. The number of anilines is 3. The van der Waals surface area contributed by atoms with Crippen LogP contribution in [0, 0.1) is 19.8 Å². The minimum absolute atomic E-state index is 0.441. The monoisotopic (exact) mass is 495 g/mol. The first-order valence-electron chi connectivity index (χ1n) is 12.9. The van der Waals surface area contributed by atoms with Gasteiger partial charge < -0.3 is 15.0 Å². The SMILES string of the molecule is CCC(C)C=Nc1cc(Oc2ccc(Nc3ncnc4cnc(N5CCCC5)nc34)cc2C)ccc1C. The van der Waals surface area contributed by atoms with Crippen LogP contribution in [-0.2, 0) is 0 Å². The first kappa shape index (κ1) is 24.6. The van der Waals surface area contributed by atoms with E-state index in [0.717, 1.165) is 59.5 Å². The van der Waals surface area contributed by atoms with E-state index in [0.29, 0.717) is 22.8 Å². The van der Waals surface area contributed by atoms with Gasteiger partial charge in [0.05, 0.1) is 11.9 Å². The fraction of sp³-hybridized carbons (Fsp3) is 0.345. The summed E-state index contributed by atoms with van der Waals surface area (Å²) < 4.78 is 6.23. The zero-order chi connectivity index (χ0) is 25.8. The molecular formula is C29H33N7O. The largest absolute Gasteiger partial charge is 0.457 e. The molecule has 0 saturated carbocycles. The maximum Gasteiger partial charge on any atom is 0.226 e. The van der Waals surface area contributed by atoms with Gasteiger partial charge in [-0.1, -0.05) is 19.9 Å². The predicted octanol–water partition coefficient (Wildman–Crippen LogP) is 6.92. The van der Waals surface area contributed by atoms with Crippen LogP contribution in [0.1, 0.15) is 44.2 Å². The number of benzene rings is 2. The number of rotatable bonds is 8. The van der Waals surface area contributed by atoms with Crippen molar-refractivity contribution in [3.05, 3.63) is 60.0 Å². The van der Waals surface area contributed by atoms with Gasteiger partial charge in [-0.25, -0.2) is 19.9 Å². The quantitative estimate of drug-likeness (QED) is 0.265. The Morgan fingerprint density at radius 1 is 1.05 bits per heavy atom. The number of hydrogen-bond donors (Lipinski definition) is 1. The van der Waals surface area contributed by atoms with Crippen LogP contribution in [-0.4, -0.2) is 39.2 Å². The van der Waals surface area contributed by atoms with Gasteiger partial charge in [0.25, 0.3) is 0 Å². The normalized spacial score (nSPS) is 14.4. The van der Waals surface area contributed by atoms with E-state index in [4.69, 9.17) is 9.72 Å². The van der Waals surface area contributed by atoms with Crippen molar-refractivity contribution >= 4 is 40.4 Å². The highest BCUT2D eigenvalue weighted by Crippen LogP contribution is 2.32. The van der Waals surface area contributed by atoms with Gasteiger partial charge in [0, 0.05) is 31.1 Å². The minimum atomic E-state index is 0.441. The molecule has 0 radical (unpaired) electrons. The van der Waals surface area contributed by atoms with Crippen LogP contribution in [0.5, 0.6) is 11.5 Å². The molecule has 1 fully saturated rings. The molecule has 1 N–H and O–H groups in total. The molecule has 2 aromatic carbocycles. The Kier molecular flexibility index (Phi) is 7.25. The van der Waals surface area contributed by atoms with Crippen molar-refractivity contribution in [2.75, 3.05) is 23.3 Å². The molecule has 2 aromatic heterocycles. The summed E-state index contributed by atoms with van der Waals surface area (Å²) >= 11 is 0. The highest BCUT2D eigenvalue weighted by atomic mass is 16.5. The molecule has 190 valence electrons. The average molecular weight is 496 g/mol. The third-order valence-corrected chi connectivity index (χ3v) is 6.71. The Bertz CT molecular complexity index is 1430. The van der Waals surface area contributed by atoms with E-state index >= 15 is 0 Å². The van der Waals surface area contributed by atoms with E-state index in [2.05, 4.69) is 50.9 Å². The Balaban J connectivity index is 1.35. The summed E-state index contributed by atoms with van der Waals surface area (Å²) in [5.74, 6) is 3.38. The van der Waals surface area contributed by atoms with Gasteiger partial charge >= 0.3 is 0 Å². The Hall–Kier alpha value is -4.07. The van der Waals surface area contributed by atoms with E-state index in [1.54, 1.807) is 6.20 Å². The number of aliphatic imine (C=N–C) groups is 1. The van der Waals surface area contributed by atoms with Crippen molar-refractivity contribution in [2.24, 2.45) is 10.9 Å². The summed E-state index contributed by atoms with van der Waals surface area (Å²) in [6, 6.07) is 12.0. The number of aryl methyl sites for hydroxylation is 2. The molecule has 1 aliphatic heterocycles. The fourth-order valence-electron chi connectivity index (χ4n) is 4.22. The summed E-state index contributed by atoms with van der Waals surface area (Å²) in [6.07, 6.45) is 8.71. The van der Waals surface area contributed by atoms with Gasteiger partial charge in [0.2, 0.25) is 5.95 Å². The van der Waals surface area contributed by atoms with Crippen molar-refractivity contribution < 1.29 is 4.74 Å². The van der Waals surface area contributed by atoms with Crippen LogP contribution in [0.4, 0.5) is 23.1 Å². The second-order valence-corrected chi connectivity index (χ2v) is 9.64. The van der Waals surface area contributed by atoms with E-state index in [1.807, 2.05) is 49.5 Å². The van der Waals surface area contributed by atoms with Crippen molar-refractivity contribution in [2.45, 2.75) is 47.0 Å². The Labute approximate surface area is 217 Å². The van der Waals surface area contributed by atoms with E-state index in [9.17, 15) is 0 Å². The maximum atomic E-state index is 6.23. The zero-order valence-electron chi connectivity index (χ0n) is 21.9. The first-order chi connectivity index (χ1) is 18.0. The molecule has 0 bridgehead atoms. The molecule has 8 heteroatoms. The lowest BCUT2D eigenvalue weighted by molar-refractivity contribution is 0.479. The van der Waals surface area contributed by atoms with Crippen molar-refractivity contribution in [3.63, 3.8) is 0 Å². The molecule has 1 saturated heterocycles. The second-order valence-electron chi connectivity index (χ2n) is 9.64. The summed E-state index contributed by atoms with van der Waals surface area (Å²) in [7, 11) is 0. The van der Waals surface area contributed by atoms with Crippen molar-refractivity contribution in [3.8, 4) is 11.5 Å². The summed E-state index contributed by atoms with van der Waals surface area (Å²) in [5, 5.41) is 3.41. The smallest absolute Gasteiger partial charge is 0.226 e. The van der Waals surface area contributed by atoms with Gasteiger partial charge in [-0.3, -0.25) is 4.99 Å². The molecule has 3 heterocycles. The molecule has 0 aliphatic carbocycles. The highest BCUT2D eigenvalue weighted by molar-refractivity contribution is 5.87. The van der Waals surface area contributed by atoms with E-state index in [-0.39, 0.29) is 0 Å². The molecule has 1 unspecified atom stereocenters. The van der Waals surface area contributed by atoms with Gasteiger partial charge in [0.1, 0.15) is 28.9 Å². The maximum absolute atomic E-state index is 6.23.